The average Bonchev–Trinajstić information content (AvgIpc) is 2.24. The van der Waals surface area contributed by atoms with Crippen LogP contribution in [0.25, 0.3) is 0 Å². The SMILES string of the molecule is CCCN(CCNCCC(=O)O)CCS(=O)O. The van der Waals surface area contributed by atoms with Gasteiger partial charge in [-0.05, 0) is 13.0 Å². The Morgan fingerprint density at radius 3 is 2.53 bits per heavy atom. The maximum Gasteiger partial charge on any atom is 0.304 e. The van der Waals surface area contributed by atoms with Crippen molar-refractivity contribution in [3.63, 3.8) is 0 Å². The molecule has 0 aromatic heterocycles. The third kappa shape index (κ3) is 11.8. The summed E-state index contributed by atoms with van der Waals surface area (Å²) in [6.07, 6.45) is 1.11. The van der Waals surface area contributed by atoms with Gasteiger partial charge < -0.3 is 19.9 Å². The molecule has 17 heavy (non-hydrogen) atoms. The first-order chi connectivity index (χ1) is 8.06. The van der Waals surface area contributed by atoms with Gasteiger partial charge in [-0.1, -0.05) is 6.92 Å². The van der Waals surface area contributed by atoms with Crippen LogP contribution in [0.3, 0.4) is 0 Å². The highest BCUT2D eigenvalue weighted by Crippen LogP contribution is 1.91. The molecule has 0 aliphatic heterocycles. The van der Waals surface area contributed by atoms with E-state index in [1.165, 1.54) is 0 Å². The van der Waals surface area contributed by atoms with Crippen LogP contribution >= 0.6 is 0 Å². The summed E-state index contributed by atoms with van der Waals surface area (Å²) in [7, 11) is 0. The van der Waals surface area contributed by atoms with Crippen molar-refractivity contribution in [2.45, 2.75) is 19.8 Å². The molecule has 0 fully saturated rings. The summed E-state index contributed by atoms with van der Waals surface area (Å²) in [6, 6.07) is 0. The van der Waals surface area contributed by atoms with E-state index in [1.807, 2.05) is 0 Å². The molecule has 0 rings (SSSR count). The second-order valence-electron chi connectivity index (χ2n) is 3.76. The molecule has 0 bridgehead atoms. The summed E-state index contributed by atoms with van der Waals surface area (Å²) in [5.41, 5.74) is 0. The summed E-state index contributed by atoms with van der Waals surface area (Å²) < 4.78 is 19.3. The number of carbonyl (C=O) groups is 1. The summed E-state index contributed by atoms with van der Waals surface area (Å²) in [5.74, 6) is -0.548. The highest BCUT2D eigenvalue weighted by molar-refractivity contribution is 7.79. The van der Waals surface area contributed by atoms with Crippen LogP contribution in [0.5, 0.6) is 0 Å². The Hall–Kier alpha value is -0.500. The third-order valence-electron chi connectivity index (χ3n) is 2.24. The van der Waals surface area contributed by atoms with E-state index in [1.54, 1.807) is 0 Å². The van der Waals surface area contributed by atoms with Crippen LogP contribution in [0.2, 0.25) is 0 Å². The molecule has 6 nitrogen and oxygen atoms in total. The monoisotopic (exact) mass is 266 g/mol. The van der Waals surface area contributed by atoms with E-state index in [-0.39, 0.29) is 12.2 Å². The fourth-order valence-electron chi connectivity index (χ4n) is 1.42. The number of rotatable bonds is 11. The van der Waals surface area contributed by atoms with Crippen molar-refractivity contribution in [1.82, 2.24) is 10.2 Å². The summed E-state index contributed by atoms with van der Waals surface area (Å²) in [4.78, 5) is 12.4. The average molecular weight is 266 g/mol. The first kappa shape index (κ1) is 16.5. The van der Waals surface area contributed by atoms with Crippen LogP contribution in [0, 0.1) is 0 Å². The highest BCUT2D eigenvalue weighted by atomic mass is 32.2. The molecule has 0 aromatic rings. The predicted molar refractivity (Wildman–Crippen MR) is 67.5 cm³/mol. The number of nitrogens with one attached hydrogen (secondary N) is 1. The van der Waals surface area contributed by atoms with Crippen molar-refractivity contribution < 1.29 is 18.7 Å². The predicted octanol–water partition coefficient (Wildman–Crippen LogP) is -0.0156. The lowest BCUT2D eigenvalue weighted by molar-refractivity contribution is -0.136. The number of nitrogens with zero attached hydrogens (tertiary/aromatic N) is 1. The maximum atomic E-state index is 10.6. The molecule has 1 atom stereocenters. The van der Waals surface area contributed by atoms with Gasteiger partial charge in [-0.25, -0.2) is 4.21 Å². The van der Waals surface area contributed by atoms with Crippen molar-refractivity contribution in [3.8, 4) is 0 Å². The van der Waals surface area contributed by atoms with Gasteiger partial charge in [0.2, 0.25) is 0 Å². The number of carboxylic acids is 1. The fourth-order valence-corrected chi connectivity index (χ4v) is 1.83. The lowest BCUT2D eigenvalue weighted by Gasteiger charge is -2.20. The standard InChI is InChI=1S/C10H22N2O4S/c1-2-6-12(8-9-17(15)16)7-5-11-4-3-10(13)14/h11H,2-9H2,1H3,(H,13,14)(H,15,16). The van der Waals surface area contributed by atoms with Gasteiger partial charge >= 0.3 is 5.97 Å². The summed E-state index contributed by atoms with van der Waals surface area (Å²) >= 11 is -1.74. The molecule has 0 aliphatic carbocycles. The van der Waals surface area contributed by atoms with Gasteiger partial charge in [-0.15, -0.1) is 0 Å². The molecule has 0 radical (unpaired) electrons. The van der Waals surface area contributed by atoms with Gasteiger partial charge in [0.05, 0.1) is 12.2 Å². The Balaban J connectivity index is 3.61. The quantitative estimate of drug-likeness (QED) is 0.360. The first-order valence-electron chi connectivity index (χ1n) is 5.78. The van der Waals surface area contributed by atoms with Gasteiger partial charge in [0, 0.05) is 26.2 Å². The summed E-state index contributed by atoms with van der Waals surface area (Å²) in [6.45, 7) is 5.47. The Morgan fingerprint density at radius 2 is 2.00 bits per heavy atom. The van der Waals surface area contributed by atoms with Gasteiger partial charge in [0.15, 0.2) is 11.1 Å². The molecule has 0 amide bonds. The Kier molecular flexibility index (Phi) is 10.3. The van der Waals surface area contributed by atoms with Crippen LogP contribution < -0.4 is 5.32 Å². The zero-order chi connectivity index (χ0) is 13.1. The van der Waals surface area contributed by atoms with Crippen LogP contribution in [0.1, 0.15) is 19.8 Å². The molecule has 0 aliphatic rings. The van der Waals surface area contributed by atoms with Crippen LogP contribution in [-0.4, -0.2) is 63.2 Å². The molecule has 0 heterocycles. The minimum atomic E-state index is -1.74. The minimum Gasteiger partial charge on any atom is -0.481 e. The molecule has 102 valence electrons. The van der Waals surface area contributed by atoms with E-state index in [9.17, 15) is 9.00 Å². The molecule has 0 spiro atoms. The second kappa shape index (κ2) is 10.6. The van der Waals surface area contributed by atoms with E-state index in [0.29, 0.717) is 19.6 Å². The molecule has 7 heteroatoms. The maximum absolute atomic E-state index is 10.6. The van der Waals surface area contributed by atoms with Crippen LogP contribution in [0.15, 0.2) is 0 Å². The molecule has 0 saturated heterocycles. The zero-order valence-corrected chi connectivity index (χ0v) is 11.0. The number of hydrogen-bond acceptors (Lipinski definition) is 4. The topological polar surface area (TPSA) is 89.9 Å². The normalized spacial score (nSPS) is 12.9. The molecular weight excluding hydrogens is 244 g/mol. The number of aliphatic carboxylic acids is 1. The van der Waals surface area contributed by atoms with Gasteiger partial charge in [0.25, 0.3) is 0 Å². The first-order valence-corrected chi connectivity index (χ1v) is 7.06. The molecule has 1 unspecified atom stereocenters. The van der Waals surface area contributed by atoms with Crippen LogP contribution in [0.4, 0.5) is 0 Å². The minimum absolute atomic E-state index is 0.119. The van der Waals surface area contributed by atoms with Crippen molar-refractivity contribution in [2.24, 2.45) is 0 Å². The fraction of sp³-hybridized carbons (Fsp3) is 0.900. The van der Waals surface area contributed by atoms with Crippen molar-refractivity contribution in [2.75, 3.05) is 38.5 Å². The van der Waals surface area contributed by atoms with Crippen molar-refractivity contribution in [1.29, 1.82) is 0 Å². The van der Waals surface area contributed by atoms with Gasteiger partial charge in [-0.3, -0.25) is 4.79 Å². The van der Waals surface area contributed by atoms with E-state index in [0.717, 1.165) is 19.5 Å². The Labute approximate surface area is 105 Å². The van der Waals surface area contributed by atoms with Gasteiger partial charge in [-0.2, -0.15) is 0 Å². The number of carboxylic acid groups (broad SMARTS) is 1. The molecule has 0 saturated carbocycles. The van der Waals surface area contributed by atoms with E-state index >= 15 is 0 Å². The van der Waals surface area contributed by atoms with E-state index < -0.39 is 17.0 Å². The lowest BCUT2D eigenvalue weighted by Crippen LogP contribution is -2.35. The number of hydrogen-bond donors (Lipinski definition) is 3. The lowest BCUT2D eigenvalue weighted by atomic mass is 10.4. The third-order valence-corrected chi connectivity index (χ3v) is 2.77. The Bertz CT molecular complexity index is 238. The van der Waals surface area contributed by atoms with Crippen LogP contribution in [-0.2, 0) is 15.9 Å². The van der Waals surface area contributed by atoms with Gasteiger partial charge in [0.1, 0.15) is 0 Å². The molecule has 3 N–H and O–H groups in total. The zero-order valence-electron chi connectivity index (χ0n) is 10.2. The largest absolute Gasteiger partial charge is 0.481 e. The van der Waals surface area contributed by atoms with Crippen molar-refractivity contribution in [3.05, 3.63) is 0 Å². The van der Waals surface area contributed by atoms with E-state index in [4.69, 9.17) is 9.66 Å². The molecule has 0 aromatic carbocycles. The highest BCUT2D eigenvalue weighted by Gasteiger charge is 2.05. The second-order valence-corrected chi connectivity index (χ2v) is 4.81. The smallest absolute Gasteiger partial charge is 0.304 e. The Morgan fingerprint density at radius 1 is 1.29 bits per heavy atom. The van der Waals surface area contributed by atoms with Crippen molar-refractivity contribution >= 4 is 17.0 Å². The van der Waals surface area contributed by atoms with E-state index in [2.05, 4.69) is 17.1 Å². The summed E-state index contributed by atoms with van der Waals surface area (Å²) in [5, 5.41) is 11.5. The molecular formula is C10H22N2O4S.